The Morgan fingerprint density at radius 1 is 0.733 bits per heavy atom. The van der Waals surface area contributed by atoms with E-state index in [2.05, 4.69) is 4.98 Å². The zero-order valence-corrected chi connectivity index (χ0v) is 18.3. The van der Waals surface area contributed by atoms with Crippen LogP contribution in [-0.2, 0) is 20.0 Å². The number of hydrogen-bond acceptors (Lipinski definition) is 5. The molecule has 0 radical (unpaired) electrons. The Kier molecular flexibility index (Phi) is 4.79. The molecule has 0 amide bonds. The van der Waals surface area contributed by atoms with Crippen LogP contribution >= 0.6 is 0 Å². The predicted molar refractivity (Wildman–Crippen MR) is 122 cm³/mol. The van der Waals surface area contributed by atoms with Gasteiger partial charge in [0, 0.05) is 16.3 Å². The van der Waals surface area contributed by atoms with Gasteiger partial charge in [-0.25, -0.2) is 21.8 Å². The van der Waals surface area contributed by atoms with Gasteiger partial charge in [-0.15, -0.1) is 0 Å². The molecule has 4 rings (SSSR count). The van der Waals surface area contributed by atoms with Gasteiger partial charge in [-0.1, -0.05) is 48.0 Å². The van der Waals surface area contributed by atoms with Crippen molar-refractivity contribution in [2.24, 2.45) is 0 Å². The van der Waals surface area contributed by atoms with Crippen molar-refractivity contribution in [1.82, 2.24) is 4.98 Å². The van der Waals surface area contributed by atoms with Gasteiger partial charge in [-0.05, 0) is 36.8 Å². The molecular formula is C22H20N2O4S2. The zero-order valence-electron chi connectivity index (χ0n) is 16.7. The Morgan fingerprint density at radius 3 is 1.97 bits per heavy atom. The van der Waals surface area contributed by atoms with E-state index in [4.69, 9.17) is 0 Å². The number of anilines is 1. The molecule has 0 fully saturated rings. The first-order chi connectivity index (χ1) is 14.1. The minimum absolute atomic E-state index is 0.0537. The standard InChI is InChI=1S/C22H20N2O4S2/c1-15-8-10-16(11-9-15)22-18-6-4-5-7-20(18)23-21-13-12-17(14-19(21)22)24(29(2,25)26)30(3,27)28/h4-14H,1-3H3. The fourth-order valence-electron chi connectivity index (χ4n) is 3.65. The van der Waals surface area contributed by atoms with E-state index in [0.29, 0.717) is 14.6 Å². The number of hydrogen-bond donors (Lipinski definition) is 0. The molecule has 0 aliphatic rings. The van der Waals surface area contributed by atoms with Gasteiger partial charge < -0.3 is 0 Å². The van der Waals surface area contributed by atoms with Crippen LogP contribution in [0.2, 0.25) is 0 Å². The molecule has 3 aromatic carbocycles. The fourth-order valence-corrected chi connectivity index (χ4v) is 6.61. The summed E-state index contributed by atoms with van der Waals surface area (Å²) < 4.78 is 49.5. The maximum atomic E-state index is 12.3. The third-order valence-electron chi connectivity index (χ3n) is 4.82. The number of pyridine rings is 1. The molecule has 0 spiro atoms. The molecule has 8 heteroatoms. The molecule has 0 saturated heterocycles. The van der Waals surface area contributed by atoms with Gasteiger partial charge in [-0.2, -0.15) is 3.71 Å². The molecule has 0 saturated carbocycles. The predicted octanol–water partition coefficient (Wildman–Crippen LogP) is 4.09. The average molecular weight is 441 g/mol. The summed E-state index contributed by atoms with van der Waals surface area (Å²) in [6.07, 6.45) is 1.75. The summed E-state index contributed by atoms with van der Waals surface area (Å²) in [5.41, 5.74) is 4.43. The molecule has 0 unspecified atom stereocenters. The fraction of sp³-hybridized carbons (Fsp3) is 0.136. The van der Waals surface area contributed by atoms with E-state index < -0.39 is 20.0 Å². The van der Waals surface area contributed by atoms with Crippen molar-refractivity contribution in [3.63, 3.8) is 0 Å². The molecular weight excluding hydrogens is 420 g/mol. The first kappa shape index (κ1) is 20.3. The first-order valence-corrected chi connectivity index (χ1v) is 12.9. The lowest BCUT2D eigenvalue weighted by Gasteiger charge is -2.21. The normalized spacial score (nSPS) is 12.4. The van der Waals surface area contributed by atoms with Gasteiger partial charge in [0.2, 0.25) is 20.0 Å². The molecule has 1 aromatic heterocycles. The quantitative estimate of drug-likeness (QED) is 0.446. The van der Waals surface area contributed by atoms with Crippen molar-refractivity contribution < 1.29 is 16.8 Å². The molecule has 30 heavy (non-hydrogen) atoms. The van der Waals surface area contributed by atoms with Crippen molar-refractivity contribution in [2.45, 2.75) is 6.92 Å². The molecule has 0 aliphatic carbocycles. The van der Waals surface area contributed by atoms with E-state index in [1.165, 1.54) is 6.07 Å². The van der Waals surface area contributed by atoms with Gasteiger partial charge in [0.1, 0.15) is 0 Å². The summed E-state index contributed by atoms with van der Waals surface area (Å²) in [7, 11) is -8.09. The van der Waals surface area contributed by atoms with Gasteiger partial charge >= 0.3 is 0 Å². The van der Waals surface area contributed by atoms with E-state index in [1.54, 1.807) is 12.1 Å². The van der Waals surface area contributed by atoms with Gasteiger partial charge in [-0.3, -0.25) is 0 Å². The Labute approximate surface area is 175 Å². The molecule has 0 N–H and O–H groups in total. The maximum absolute atomic E-state index is 12.3. The summed E-state index contributed by atoms with van der Waals surface area (Å²) in [5, 5.41) is 1.57. The minimum Gasteiger partial charge on any atom is -0.248 e. The van der Waals surface area contributed by atoms with Crippen LogP contribution in [0.25, 0.3) is 32.9 Å². The second kappa shape index (κ2) is 7.07. The summed E-state index contributed by atoms with van der Waals surface area (Å²) >= 11 is 0. The number of benzene rings is 3. The molecule has 0 aliphatic heterocycles. The highest BCUT2D eigenvalue weighted by molar-refractivity contribution is 8.09. The summed E-state index contributed by atoms with van der Waals surface area (Å²) in [4.78, 5) is 4.69. The molecule has 154 valence electrons. The minimum atomic E-state index is -4.04. The second-order valence-electron chi connectivity index (χ2n) is 7.29. The maximum Gasteiger partial charge on any atom is 0.245 e. The Bertz CT molecular complexity index is 1460. The van der Waals surface area contributed by atoms with Crippen LogP contribution in [0.3, 0.4) is 0 Å². The van der Waals surface area contributed by atoms with Crippen molar-refractivity contribution in [1.29, 1.82) is 0 Å². The number of sulfonamides is 2. The van der Waals surface area contributed by atoms with Crippen molar-refractivity contribution in [2.75, 3.05) is 16.2 Å². The third-order valence-corrected chi connectivity index (χ3v) is 8.07. The highest BCUT2D eigenvalue weighted by Gasteiger charge is 2.28. The number of aromatic nitrogens is 1. The number of fused-ring (bicyclic) bond motifs is 2. The van der Waals surface area contributed by atoms with Crippen molar-refractivity contribution >= 4 is 47.5 Å². The highest BCUT2D eigenvalue weighted by atomic mass is 32.3. The topological polar surface area (TPSA) is 84.4 Å². The van der Waals surface area contributed by atoms with E-state index in [0.717, 1.165) is 40.1 Å². The molecule has 1 heterocycles. The first-order valence-electron chi connectivity index (χ1n) is 9.16. The number of rotatable bonds is 4. The Morgan fingerprint density at radius 2 is 1.33 bits per heavy atom. The van der Waals surface area contributed by atoms with Gasteiger partial charge in [0.25, 0.3) is 0 Å². The van der Waals surface area contributed by atoms with Gasteiger partial charge in [0.15, 0.2) is 0 Å². The smallest absolute Gasteiger partial charge is 0.245 e. The zero-order chi connectivity index (χ0) is 21.7. The van der Waals surface area contributed by atoms with Crippen LogP contribution in [-0.4, -0.2) is 34.3 Å². The Hall–Kier alpha value is -2.97. The molecule has 6 nitrogen and oxygen atoms in total. The van der Waals surface area contributed by atoms with E-state index >= 15 is 0 Å². The second-order valence-corrected chi connectivity index (χ2v) is 11.2. The largest absolute Gasteiger partial charge is 0.248 e. The molecule has 0 bridgehead atoms. The molecule has 0 atom stereocenters. The van der Waals surface area contributed by atoms with E-state index in [-0.39, 0.29) is 5.69 Å². The van der Waals surface area contributed by atoms with Crippen molar-refractivity contribution in [3.05, 3.63) is 72.3 Å². The number of aryl methyl sites for hydroxylation is 1. The van der Waals surface area contributed by atoms with Crippen molar-refractivity contribution in [3.8, 4) is 11.1 Å². The summed E-state index contributed by atoms with van der Waals surface area (Å²) in [5.74, 6) is 0. The SMILES string of the molecule is Cc1ccc(-c2c3ccccc3nc3ccc(N(S(C)(=O)=O)S(C)(=O)=O)cc23)cc1. The molecule has 4 aromatic rings. The lowest BCUT2D eigenvalue weighted by Crippen LogP contribution is -2.35. The van der Waals surface area contributed by atoms with Crippen LogP contribution < -0.4 is 3.71 Å². The Balaban J connectivity index is 2.13. The third kappa shape index (κ3) is 3.64. The van der Waals surface area contributed by atoms with Crippen LogP contribution in [0.5, 0.6) is 0 Å². The summed E-state index contributed by atoms with van der Waals surface area (Å²) in [6.45, 7) is 2.00. The monoisotopic (exact) mass is 440 g/mol. The van der Waals surface area contributed by atoms with E-state index in [1.807, 2.05) is 55.5 Å². The van der Waals surface area contributed by atoms with Crippen LogP contribution in [0.15, 0.2) is 66.7 Å². The van der Waals surface area contributed by atoms with E-state index in [9.17, 15) is 16.8 Å². The average Bonchev–Trinajstić information content (AvgIpc) is 2.65. The lowest BCUT2D eigenvalue weighted by atomic mass is 9.95. The number of para-hydroxylation sites is 1. The van der Waals surface area contributed by atoms with Crippen LogP contribution in [0.4, 0.5) is 5.69 Å². The lowest BCUT2D eigenvalue weighted by molar-refractivity contribution is 0.591. The van der Waals surface area contributed by atoms with Gasteiger partial charge in [0.05, 0.1) is 29.2 Å². The number of nitrogens with zero attached hydrogens (tertiary/aromatic N) is 2. The van der Waals surface area contributed by atoms with Crippen LogP contribution in [0.1, 0.15) is 5.56 Å². The van der Waals surface area contributed by atoms with Crippen LogP contribution in [0, 0.1) is 6.92 Å². The summed E-state index contributed by atoms with van der Waals surface area (Å²) in [6, 6.07) is 20.4. The highest BCUT2D eigenvalue weighted by Crippen LogP contribution is 2.37.